The van der Waals surface area contributed by atoms with Gasteiger partial charge in [-0.05, 0) is 32.4 Å². The maximum absolute atomic E-state index is 5.96. The summed E-state index contributed by atoms with van der Waals surface area (Å²) in [7, 11) is 0. The van der Waals surface area contributed by atoms with E-state index in [1.807, 2.05) is 6.20 Å². The van der Waals surface area contributed by atoms with Gasteiger partial charge in [-0.2, -0.15) is 5.10 Å². The van der Waals surface area contributed by atoms with E-state index in [1.165, 1.54) is 25.1 Å². The van der Waals surface area contributed by atoms with Crippen LogP contribution in [0.5, 0.6) is 0 Å². The van der Waals surface area contributed by atoms with Gasteiger partial charge in [-0.1, -0.05) is 0 Å². The van der Waals surface area contributed by atoms with Gasteiger partial charge in [-0.3, -0.25) is 9.58 Å². The molecular formula is C11H20N4. The molecule has 0 aliphatic carbocycles. The Morgan fingerprint density at radius 2 is 2.47 bits per heavy atom. The Bertz CT molecular complexity index is 307. The molecule has 0 unspecified atom stereocenters. The zero-order valence-electron chi connectivity index (χ0n) is 9.39. The Morgan fingerprint density at radius 1 is 1.60 bits per heavy atom. The number of aryl methyl sites for hydroxylation is 1. The number of piperidine rings is 1. The van der Waals surface area contributed by atoms with Crippen molar-refractivity contribution in [3.63, 3.8) is 0 Å². The van der Waals surface area contributed by atoms with Crippen LogP contribution in [0.3, 0.4) is 0 Å². The van der Waals surface area contributed by atoms with Gasteiger partial charge < -0.3 is 5.73 Å². The minimum atomic E-state index is 0.358. The van der Waals surface area contributed by atoms with Gasteiger partial charge in [0.25, 0.3) is 0 Å². The molecule has 1 fully saturated rings. The van der Waals surface area contributed by atoms with Gasteiger partial charge in [0.2, 0.25) is 0 Å². The largest absolute Gasteiger partial charge is 0.327 e. The van der Waals surface area contributed by atoms with Crippen LogP contribution in [0.15, 0.2) is 12.3 Å². The highest BCUT2D eigenvalue weighted by atomic mass is 15.3. The number of hydrogen-bond acceptors (Lipinski definition) is 3. The number of rotatable bonds is 3. The normalized spacial score (nSPS) is 23.2. The van der Waals surface area contributed by atoms with Crippen LogP contribution < -0.4 is 5.73 Å². The Morgan fingerprint density at radius 3 is 3.20 bits per heavy atom. The monoisotopic (exact) mass is 208 g/mol. The fourth-order valence-corrected chi connectivity index (χ4v) is 2.24. The average molecular weight is 208 g/mol. The van der Waals surface area contributed by atoms with Crippen molar-refractivity contribution in [3.8, 4) is 0 Å². The highest BCUT2D eigenvalue weighted by Gasteiger charge is 2.17. The summed E-state index contributed by atoms with van der Waals surface area (Å²) in [5.74, 6) is 0. The third kappa shape index (κ3) is 2.58. The lowest BCUT2D eigenvalue weighted by Crippen LogP contribution is -2.42. The Kier molecular flexibility index (Phi) is 3.38. The average Bonchev–Trinajstić information content (AvgIpc) is 2.65. The van der Waals surface area contributed by atoms with E-state index in [4.69, 9.17) is 5.73 Å². The zero-order valence-corrected chi connectivity index (χ0v) is 9.39. The summed E-state index contributed by atoms with van der Waals surface area (Å²) in [4.78, 5) is 2.43. The van der Waals surface area contributed by atoms with Gasteiger partial charge >= 0.3 is 0 Å². The third-order valence-corrected chi connectivity index (χ3v) is 3.03. The van der Waals surface area contributed by atoms with Crippen molar-refractivity contribution in [2.75, 3.05) is 13.1 Å². The molecule has 0 aromatic carbocycles. The quantitative estimate of drug-likeness (QED) is 0.800. The second-order valence-corrected chi connectivity index (χ2v) is 4.28. The minimum absolute atomic E-state index is 0.358. The first-order valence-corrected chi connectivity index (χ1v) is 5.78. The van der Waals surface area contributed by atoms with Crippen LogP contribution in [0.1, 0.15) is 25.5 Å². The highest BCUT2D eigenvalue weighted by Crippen LogP contribution is 2.12. The summed E-state index contributed by atoms with van der Waals surface area (Å²) in [6.07, 6.45) is 4.27. The summed E-state index contributed by atoms with van der Waals surface area (Å²) in [6, 6.07) is 2.46. The lowest BCUT2D eigenvalue weighted by atomic mass is 10.1. The number of nitrogens with two attached hydrogens (primary N) is 1. The van der Waals surface area contributed by atoms with Gasteiger partial charge in [0, 0.05) is 31.9 Å². The molecule has 1 aromatic heterocycles. The summed E-state index contributed by atoms with van der Waals surface area (Å²) < 4.78 is 2.06. The van der Waals surface area contributed by atoms with Crippen molar-refractivity contribution in [3.05, 3.63) is 18.0 Å². The second-order valence-electron chi connectivity index (χ2n) is 4.28. The molecule has 84 valence electrons. The van der Waals surface area contributed by atoms with Gasteiger partial charge in [-0.15, -0.1) is 0 Å². The van der Waals surface area contributed by atoms with Crippen molar-refractivity contribution < 1.29 is 0 Å². The molecule has 1 saturated heterocycles. The second kappa shape index (κ2) is 4.77. The Balaban J connectivity index is 1.96. The molecule has 4 nitrogen and oxygen atoms in total. The maximum atomic E-state index is 5.96. The van der Waals surface area contributed by atoms with Crippen molar-refractivity contribution in [1.82, 2.24) is 14.7 Å². The first kappa shape index (κ1) is 10.6. The molecule has 4 heteroatoms. The number of likely N-dealkylation sites (tertiary alicyclic amines) is 1. The van der Waals surface area contributed by atoms with Crippen molar-refractivity contribution in [2.24, 2.45) is 5.73 Å². The van der Waals surface area contributed by atoms with Gasteiger partial charge in [0.15, 0.2) is 0 Å². The van der Waals surface area contributed by atoms with Crippen LogP contribution in [-0.4, -0.2) is 33.8 Å². The van der Waals surface area contributed by atoms with Crippen molar-refractivity contribution >= 4 is 0 Å². The van der Waals surface area contributed by atoms with Gasteiger partial charge in [0.05, 0.1) is 5.69 Å². The van der Waals surface area contributed by atoms with E-state index in [9.17, 15) is 0 Å². The van der Waals surface area contributed by atoms with Gasteiger partial charge in [-0.25, -0.2) is 0 Å². The minimum Gasteiger partial charge on any atom is -0.327 e. The Hall–Kier alpha value is -0.870. The summed E-state index contributed by atoms with van der Waals surface area (Å²) >= 11 is 0. The standard InChI is InChI=1S/C11H20N4/c1-2-15-11(5-6-13-15)9-14-7-3-4-10(12)8-14/h5-6,10H,2-4,7-9,12H2,1H3/t10-/m0/s1. The molecule has 1 atom stereocenters. The van der Waals surface area contributed by atoms with Crippen molar-refractivity contribution in [2.45, 2.75) is 38.9 Å². The molecule has 0 radical (unpaired) electrons. The van der Waals surface area contributed by atoms with E-state index in [2.05, 4.69) is 27.7 Å². The molecular weight excluding hydrogens is 188 g/mol. The molecule has 1 aliphatic rings. The molecule has 0 amide bonds. The zero-order chi connectivity index (χ0) is 10.7. The van der Waals surface area contributed by atoms with Crippen LogP contribution in [-0.2, 0) is 13.1 Å². The fraction of sp³-hybridized carbons (Fsp3) is 0.727. The molecule has 2 N–H and O–H groups in total. The molecule has 2 heterocycles. The first-order chi connectivity index (χ1) is 7.29. The number of nitrogens with zero attached hydrogens (tertiary/aromatic N) is 3. The van der Waals surface area contributed by atoms with E-state index in [1.54, 1.807) is 0 Å². The van der Waals surface area contributed by atoms with E-state index in [0.717, 1.165) is 19.6 Å². The van der Waals surface area contributed by atoms with Crippen LogP contribution in [0, 0.1) is 0 Å². The molecule has 0 spiro atoms. The smallest absolute Gasteiger partial charge is 0.0524 e. The van der Waals surface area contributed by atoms with E-state index in [0.29, 0.717) is 6.04 Å². The van der Waals surface area contributed by atoms with Gasteiger partial charge in [0.1, 0.15) is 0 Å². The summed E-state index contributed by atoms with van der Waals surface area (Å²) in [5.41, 5.74) is 7.26. The maximum Gasteiger partial charge on any atom is 0.0524 e. The molecule has 0 saturated carbocycles. The number of hydrogen-bond donors (Lipinski definition) is 1. The molecule has 0 bridgehead atoms. The van der Waals surface area contributed by atoms with Crippen molar-refractivity contribution in [1.29, 1.82) is 0 Å². The summed E-state index contributed by atoms with van der Waals surface area (Å²) in [6.45, 7) is 6.25. The predicted molar refractivity (Wildman–Crippen MR) is 60.4 cm³/mol. The van der Waals surface area contributed by atoms with Crippen LogP contribution in [0.25, 0.3) is 0 Å². The summed E-state index contributed by atoms with van der Waals surface area (Å²) in [5, 5.41) is 4.28. The van der Waals surface area contributed by atoms with Crippen LogP contribution in [0.2, 0.25) is 0 Å². The van der Waals surface area contributed by atoms with E-state index < -0.39 is 0 Å². The van der Waals surface area contributed by atoms with E-state index in [-0.39, 0.29) is 0 Å². The lowest BCUT2D eigenvalue weighted by Gasteiger charge is -2.30. The topological polar surface area (TPSA) is 47.1 Å². The SMILES string of the molecule is CCn1nccc1CN1CCC[C@H](N)C1. The Labute approximate surface area is 91.1 Å². The lowest BCUT2D eigenvalue weighted by molar-refractivity contribution is 0.196. The predicted octanol–water partition coefficient (Wildman–Crippen LogP) is 0.826. The molecule has 1 aromatic rings. The van der Waals surface area contributed by atoms with Crippen LogP contribution in [0.4, 0.5) is 0 Å². The third-order valence-electron chi connectivity index (χ3n) is 3.03. The number of aromatic nitrogens is 2. The highest BCUT2D eigenvalue weighted by molar-refractivity contribution is 5.00. The molecule has 1 aliphatic heterocycles. The molecule has 2 rings (SSSR count). The van der Waals surface area contributed by atoms with E-state index >= 15 is 0 Å². The van der Waals surface area contributed by atoms with Crippen LogP contribution >= 0.6 is 0 Å². The first-order valence-electron chi connectivity index (χ1n) is 5.78. The molecule has 15 heavy (non-hydrogen) atoms. The fourth-order valence-electron chi connectivity index (χ4n) is 2.24.